The summed E-state index contributed by atoms with van der Waals surface area (Å²) in [6, 6.07) is 0. The zero-order valence-electron chi connectivity index (χ0n) is 10.5. The topological polar surface area (TPSA) is 80.3 Å². The first-order valence-corrected chi connectivity index (χ1v) is 4.34. The largest absolute Gasteiger partial charge is 1.00 e. The molecule has 76 valence electrons. The molecule has 0 aliphatic heterocycles. The number of carboxylic acid groups (broad SMARTS) is 2. The molecule has 0 saturated heterocycles. The number of hydrogen-bond acceptors (Lipinski definition) is 4. The van der Waals surface area contributed by atoms with Gasteiger partial charge in [-0.2, -0.15) is 12.8 Å². The maximum Gasteiger partial charge on any atom is 1.00 e. The molecule has 1 fully saturated rings. The summed E-state index contributed by atoms with van der Waals surface area (Å²) in [4.78, 5) is 18.6. The van der Waals surface area contributed by atoms with E-state index < -0.39 is 18.4 Å². The molecule has 0 aromatic heterocycles. The van der Waals surface area contributed by atoms with E-state index in [-0.39, 0.29) is 78.0 Å². The minimum absolute atomic E-state index is 0. The third-order valence-corrected chi connectivity index (χ3v) is 1.61. The van der Waals surface area contributed by atoms with Gasteiger partial charge in [-0.25, -0.2) is 0 Å². The summed E-state index contributed by atoms with van der Waals surface area (Å²) in [6.07, 6.45) is 8.47. The molecule has 0 bridgehead atoms. The SMILES string of the molecule is O=C([O-])CC(=O)[O-].[CH-]1CCCCC1.[Li+].[Na+].[Na+]. The fourth-order valence-corrected chi connectivity index (χ4v) is 1.02. The fraction of sp³-hybridized carbons (Fsp3) is 0.667. The molecule has 0 aromatic carbocycles. The van der Waals surface area contributed by atoms with Crippen molar-refractivity contribution in [3.05, 3.63) is 6.42 Å². The van der Waals surface area contributed by atoms with Crippen LogP contribution in [-0.4, -0.2) is 11.9 Å². The van der Waals surface area contributed by atoms with Crippen LogP contribution in [0.15, 0.2) is 0 Å². The Bertz CT molecular complexity index is 151. The Morgan fingerprint density at radius 1 is 0.938 bits per heavy atom. The average Bonchev–Trinajstić information content (AvgIpc) is 2.06. The van der Waals surface area contributed by atoms with E-state index in [1.54, 1.807) is 0 Å². The van der Waals surface area contributed by atoms with Crippen LogP contribution in [-0.2, 0) is 9.59 Å². The Morgan fingerprint density at radius 2 is 1.31 bits per heavy atom. The number of carboxylic acids is 2. The molecule has 0 amide bonds. The second-order valence-corrected chi connectivity index (χ2v) is 2.85. The van der Waals surface area contributed by atoms with E-state index in [1.165, 1.54) is 32.1 Å². The normalized spacial score (nSPS) is 12.5. The van der Waals surface area contributed by atoms with Gasteiger partial charge in [-0.1, -0.05) is 19.3 Å². The summed E-state index contributed by atoms with van der Waals surface area (Å²) in [5.74, 6) is -3.25. The molecular weight excluding hydrogens is 225 g/mol. The Morgan fingerprint density at radius 3 is 1.38 bits per heavy atom. The van der Waals surface area contributed by atoms with E-state index in [1.807, 2.05) is 0 Å². The van der Waals surface area contributed by atoms with E-state index in [9.17, 15) is 19.8 Å². The summed E-state index contributed by atoms with van der Waals surface area (Å²) < 4.78 is 0. The molecule has 0 atom stereocenters. The van der Waals surface area contributed by atoms with Crippen molar-refractivity contribution in [1.82, 2.24) is 0 Å². The van der Waals surface area contributed by atoms with Crippen molar-refractivity contribution in [2.75, 3.05) is 0 Å². The smallest absolute Gasteiger partial charge is 0.550 e. The van der Waals surface area contributed by atoms with Crippen LogP contribution in [0.25, 0.3) is 0 Å². The van der Waals surface area contributed by atoms with Crippen LogP contribution in [0.4, 0.5) is 0 Å². The van der Waals surface area contributed by atoms with Crippen molar-refractivity contribution in [3.63, 3.8) is 0 Å². The third kappa shape index (κ3) is 24.7. The summed E-state index contributed by atoms with van der Waals surface area (Å²) in [6.45, 7) is 0. The fourth-order valence-electron chi connectivity index (χ4n) is 1.02. The predicted octanol–water partition coefficient (Wildman–Crippen LogP) is -9.96. The summed E-state index contributed by atoms with van der Waals surface area (Å²) in [5.41, 5.74) is 0. The molecule has 1 rings (SSSR count). The molecule has 0 spiro atoms. The molecule has 0 radical (unpaired) electrons. The molecule has 0 N–H and O–H groups in total. The van der Waals surface area contributed by atoms with E-state index >= 15 is 0 Å². The minimum atomic E-state index is -1.63. The quantitative estimate of drug-likeness (QED) is 0.272. The van der Waals surface area contributed by atoms with Crippen LogP contribution in [0.5, 0.6) is 0 Å². The third-order valence-electron chi connectivity index (χ3n) is 1.61. The van der Waals surface area contributed by atoms with Crippen LogP contribution in [0.3, 0.4) is 0 Å². The van der Waals surface area contributed by atoms with Gasteiger partial charge < -0.3 is 26.2 Å². The Balaban J connectivity index is -0.0000000760. The monoisotopic (exact) mass is 238 g/mol. The molecule has 0 heterocycles. The summed E-state index contributed by atoms with van der Waals surface area (Å²) in [7, 11) is 0. The van der Waals surface area contributed by atoms with Gasteiger partial charge in [0.1, 0.15) is 0 Å². The van der Waals surface area contributed by atoms with Gasteiger partial charge in [0.05, 0.1) is 0 Å². The second kappa shape index (κ2) is 18.9. The average molecular weight is 238 g/mol. The van der Waals surface area contributed by atoms with E-state index in [0.717, 1.165) is 0 Å². The molecular formula is C9H13LiNa2O4. The van der Waals surface area contributed by atoms with Gasteiger partial charge >= 0.3 is 78.0 Å². The molecule has 16 heavy (non-hydrogen) atoms. The van der Waals surface area contributed by atoms with Gasteiger partial charge in [0, 0.05) is 18.4 Å². The number of rotatable bonds is 2. The van der Waals surface area contributed by atoms with Crippen molar-refractivity contribution in [2.24, 2.45) is 0 Å². The van der Waals surface area contributed by atoms with Crippen molar-refractivity contribution in [1.29, 1.82) is 0 Å². The molecule has 0 aromatic rings. The van der Waals surface area contributed by atoms with Crippen molar-refractivity contribution in [2.45, 2.75) is 38.5 Å². The Hall–Kier alpha value is 1.54. The van der Waals surface area contributed by atoms with Gasteiger partial charge in [-0.3, -0.25) is 0 Å². The summed E-state index contributed by atoms with van der Waals surface area (Å²) >= 11 is 0. The minimum Gasteiger partial charge on any atom is -0.550 e. The second-order valence-electron chi connectivity index (χ2n) is 2.85. The van der Waals surface area contributed by atoms with Gasteiger partial charge in [-0.05, 0) is 0 Å². The van der Waals surface area contributed by atoms with E-state index in [0.29, 0.717) is 0 Å². The molecule has 7 heteroatoms. The standard InChI is InChI=1S/C6H11.C3H4O4.Li.2Na/c1-2-4-6-5-3-1;4-2(5)1-3(6)7;;;/h1H,2-6H2;1H2,(H,4,5)(H,6,7);;;/q-1;;3*+1/p-2. The molecule has 1 saturated carbocycles. The number of aliphatic carboxylic acids is 2. The zero-order chi connectivity index (χ0) is 10.1. The molecule has 0 unspecified atom stereocenters. The molecule has 1 aliphatic carbocycles. The van der Waals surface area contributed by atoms with Gasteiger partial charge in [-0.15, -0.1) is 0 Å². The van der Waals surface area contributed by atoms with Gasteiger partial charge in [0.25, 0.3) is 0 Å². The molecule has 4 nitrogen and oxygen atoms in total. The first kappa shape index (κ1) is 26.2. The van der Waals surface area contributed by atoms with Crippen LogP contribution < -0.4 is 88.2 Å². The van der Waals surface area contributed by atoms with Crippen molar-refractivity contribution in [3.8, 4) is 0 Å². The predicted molar refractivity (Wildman–Crippen MR) is 42.0 cm³/mol. The Kier molecular flexibility index (Phi) is 30.9. The van der Waals surface area contributed by atoms with Crippen LogP contribution in [0.1, 0.15) is 38.5 Å². The van der Waals surface area contributed by atoms with E-state index in [2.05, 4.69) is 6.42 Å². The van der Waals surface area contributed by atoms with Crippen LogP contribution >= 0.6 is 0 Å². The first-order chi connectivity index (χ1) is 6.13. The first-order valence-electron chi connectivity index (χ1n) is 4.34. The van der Waals surface area contributed by atoms with Crippen molar-refractivity contribution >= 4 is 11.9 Å². The maximum absolute atomic E-state index is 9.28. The Labute approximate surface area is 153 Å². The number of hydrogen-bond donors (Lipinski definition) is 0. The van der Waals surface area contributed by atoms with Crippen molar-refractivity contribution < 1.29 is 97.8 Å². The van der Waals surface area contributed by atoms with Crippen LogP contribution in [0, 0.1) is 6.42 Å². The van der Waals surface area contributed by atoms with Gasteiger partial charge in [0.15, 0.2) is 0 Å². The number of carbonyl (C=O) groups excluding carboxylic acids is 2. The van der Waals surface area contributed by atoms with E-state index in [4.69, 9.17) is 0 Å². The van der Waals surface area contributed by atoms with Gasteiger partial charge in [0.2, 0.25) is 0 Å². The maximum atomic E-state index is 9.28. The number of carbonyl (C=O) groups is 2. The molecule has 1 aliphatic rings. The summed E-state index contributed by atoms with van der Waals surface area (Å²) in [5, 5.41) is 18.6. The van der Waals surface area contributed by atoms with Crippen LogP contribution in [0.2, 0.25) is 0 Å². The zero-order valence-corrected chi connectivity index (χ0v) is 14.5.